The van der Waals surface area contributed by atoms with Crippen LogP contribution in [-0.2, 0) is 12.8 Å². The summed E-state index contributed by atoms with van der Waals surface area (Å²) in [6.45, 7) is 2.21. The Balaban J connectivity index is 1.37. The number of hydrazone groups is 1. The van der Waals surface area contributed by atoms with Gasteiger partial charge in [0.2, 0.25) is 0 Å². The highest BCUT2D eigenvalue weighted by molar-refractivity contribution is 6.14. The van der Waals surface area contributed by atoms with Crippen LogP contribution < -0.4 is 5.84 Å². The number of nitrogens with two attached hydrogens (primary N) is 1. The van der Waals surface area contributed by atoms with Crippen molar-refractivity contribution in [1.82, 2.24) is 0 Å². The highest BCUT2D eigenvalue weighted by atomic mass is 15.2. The molecule has 2 N–H and O–H groups in total. The zero-order valence-corrected chi connectivity index (χ0v) is 25.1. The van der Waals surface area contributed by atoms with Gasteiger partial charge < -0.3 is 5.84 Å². The number of fused-ring (bicyclic) bond motifs is 1. The molecular weight excluding hydrogens is 534 g/mol. The Labute approximate surface area is 260 Å². The van der Waals surface area contributed by atoms with Crippen molar-refractivity contribution in [1.29, 1.82) is 0 Å². The van der Waals surface area contributed by atoms with E-state index in [0.717, 1.165) is 36.1 Å². The van der Waals surface area contributed by atoms with Crippen LogP contribution in [0.2, 0.25) is 0 Å². The molecule has 0 spiro atoms. The van der Waals surface area contributed by atoms with Crippen LogP contribution in [0.4, 0.5) is 0 Å². The van der Waals surface area contributed by atoms with Gasteiger partial charge in [-0.3, -0.25) is 0 Å². The Hall–Kier alpha value is -5.02. The maximum absolute atomic E-state index is 6.17. The minimum atomic E-state index is -0.00196. The van der Waals surface area contributed by atoms with Crippen LogP contribution in [0.15, 0.2) is 150 Å². The third-order valence-electron chi connectivity index (χ3n) is 9.20. The Morgan fingerprint density at radius 2 is 1.64 bits per heavy atom. The standard InChI is InChI=1S/C41H37N3/c1-2-29-11-6-7-16-36(29)32-14-10-15-34(26-32)40(38-18-9-8-17-37(38)30-12-4-3-5-13-30)43-41(44-42)35-24-23-33-25-28-19-21-31(22-20-28)39(33)27-35/h3-19,21-24,26-28,37-38H,2,20,25,42H2,1H3/b43-40-,44-41-. The third kappa shape index (κ3) is 5.42. The number of allylic oxidation sites excluding steroid dienone is 8. The maximum atomic E-state index is 6.17. The van der Waals surface area contributed by atoms with Crippen LogP contribution in [0.3, 0.4) is 0 Å². The van der Waals surface area contributed by atoms with Gasteiger partial charge in [0.25, 0.3) is 0 Å². The minimum absolute atomic E-state index is 0.00196. The predicted molar refractivity (Wildman–Crippen MR) is 185 cm³/mol. The topological polar surface area (TPSA) is 50.7 Å². The number of hydrogen-bond donors (Lipinski definition) is 1. The average Bonchev–Trinajstić information content (AvgIpc) is 3.38. The van der Waals surface area contributed by atoms with E-state index in [1.165, 1.54) is 39.0 Å². The van der Waals surface area contributed by atoms with Crippen molar-refractivity contribution in [2.24, 2.45) is 27.8 Å². The second kappa shape index (κ2) is 12.3. The van der Waals surface area contributed by atoms with Crippen LogP contribution >= 0.6 is 0 Å². The summed E-state index contributed by atoms with van der Waals surface area (Å²) >= 11 is 0. The molecule has 0 aliphatic heterocycles. The molecule has 4 aromatic rings. The summed E-state index contributed by atoms with van der Waals surface area (Å²) in [5, 5.41) is 4.31. The van der Waals surface area contributed by atoms with Crippen molar-refractivity contribution in [2.45, 2.75) is 32.1 Å². The molecule has 3 nitrogen and oxygen atoms in total. The lowest BCUT2D eigenvalue weighted by molar-refractivity contribution is 0.662. The molecule has 3 unspecified atom stereocenters. The summed E-state index contributed by atoms with van der Waals surface area (Å²) in [6.07, 6.45) is 18.9. The van der Waals surface area contributed by atoms with E-state index in [2.05, 4.69) is 152 Å². The van der Waals surface area contributed by atoms with Crippen LogP contribution in [0.5, 0.6) is 0 Å². The minimum Gasteiger partial charge on any atom is -0.321 e. The Bertz CT molecular complexity index is 1870. The van der Waals surface area contributed by atoms with Gasteiger partial charge in [0.15, 0.2) is 5.84 Å². The third-order valence-corrected chi connectivity index (χ3v) is 9.20. The zero-order chi connectivity index (χ0) is 29.9. The van der Waals surface area contributed by atoms with E-state index in [1.54, 1.807) is 0 Å². The number of aliphatic imine (C=N–C) groups is 1. The van der Waals surface area contributed by atoms with Gasteiger partial charge in [-0.05, 0) is 81.8 Å². The fourth-order valence-corrected chi connectivity index (χ4v) is 6.89. The summed E-state index contributed by atoms with van der Waals surface area (Å²) in [4.78, 5) is 5.36. The highest BCUT2D eigenvalue weighted by Gasteiger charge is 2.28. The summed E-state index contributed by atoms with van der Waals surface area (Å²) in [5.41, 5.74) is 11.9. The van der Waals surface area contributed by atoms with Crippen LogP contribution in [-0.4, -0.2) is 11.5 Å². The van der Waals surface area contributed by atoms with Crippen LogP contribution in [0, 0.1) is 11.8 Å². The van der Waals surface area contributed by atoms with Crippen molar-refractivity contribution in [3.05, 3.63) is 173 Å². The molecule has 2 bridgehead atoms. The SMILES string of the molecule is CCc1ccccc1-c1cccc(/C(=N/C(=N\N)c2ccc3c(c2)C2=CCC(C=C2)C3)C2C=CC=CC2c2ccccc2)c1. The van der Waals surface area contributed by atoms with E-state index in [4.69, 9.17) is 10.8 Å². The molecule has 44 heavy (non-hydrogen) atoms. The number of nitrogens with zero attached hydrogens (tertiary/aromatic N) is 2. The Kier molecular flexibility index (Phi) is 7.77. The number of hydrogen-bond acceptors (Lipinski definition) is 2. The van der Waals surface area contributed by atoms with Gasteiger partial charge >= 0.3 is 0 Å². The van der Waals surface area contributed by atoms with Gasteiger partial charge in [0, 0.05) is 17.4 Å². The van der Waals surface area contributed by atoms with E-state index in [9.17, 15) is 0 Å². The molecule has 4 aliphatic rings. The van der Waals surface area contributed by atoms with Crippen molar-refractivity contribution in [3.8, 4) is 11.1 Å². The quantitative estimate of drug-likeness (QED) is 0.107. The largest absolute Gasteiger partial charge is 0.321 e. The summed E-state index contributed by atoms with van der Waals surface area (Å²) in [7, 11) is 0. The number of rotatable bonds is 6. The summed E-state index contributed by atoms with van der Waals surface area (Å²) in [5.74, 6) is 7.41. The zero-order valence-electron chi connectivity index (χ0n) is 25.1. The first kappa shape index (κ1) is 27.8. The van der Waals surface area contributed by atoms with Gasteiger partial charge in [-0.15, -0.1) is 0 Å². The lowest BCUT2D eigenvalue weighted by Gasteiger charge is -2.27. The molecule has 0 fully saturated rings. The molecule has 0 saturated heterocycles. The number of aryl methyl sites for hydroxylation is 1. The second-order valence-corrected chi connectivity index (χ2v) is 11.9. The first-order valence-electron chi connectivity index (χ1n) is 15.7. The van der Waals surface area contributed by atoms with Gasteiger partial charge in [-0.2, -0.15) is 5.10 Å². The molecule has 3 atom stereocenters. The maximum Gasteiger partial charge on any atom is 0.178 e. The van der Waals surface area contributed by atoms with E-state index in [-0.39, 0.29) is 11.8 Å². The first-order valence-corrected chi connectivity index (χ1v) is 15.7. The lowest BCUT2D eigenvalue weighted by atomic mass is 9.78. The second-order valence-electron chi connectivity index (χ2n) is 11.9. The Morgan fingerprint density at radius 3 is 2.45 bits per heavy atom. The van der Waals surface area contributed by atoms with Gasteiger partial charge in [-0.25, -0.2) is 4.99 Å². The summed E-state index contributed by atoms with van der Waals surface area (Å²) < 4.78 is 0. The number of amidine groups is 1. The van der Waals surface area contributed by atoms with Gasteiger partial charge in [0.05, 0.1) is 5.71 Å². The van der Waals surface area contributed by atoms with E-state index in [0.29, 0.717) is 11.8 Å². The van der Waals surface area contributed by atoms with Crippen molar-refractivity contribution < 1.29 is 0 Å². The average molecular weight is 572 g/mol. The molecule has 0 aromatic heterocycles. The highest BCUT2D eigenvalue weighted by Crippen LogP contribution is 2.37. The van der Waals surface area contributed by atoms with Gasteiger partial charge in [0.1, 0.15) is 0 Å². The first-order chi connectivity index (χ1) is 21.7. The molecule has 216 valence electrons. The molecule has 0 amide bonds. The lowest BCUT2D eigenvalue weighted by Crippen LogP contribution is -2.24. The molecule has 0 heterocycles. The fraction of sp³-hybridized carbons (Fsp3) is 0.171. The molecule has 0 saturated carbocycles. The van der Waals surface area contributed by atoms with Crippen molar-refractivity contribution >= 4 is 17.1 Å². The van der Waals surface area contributed by atoms with E-state index in [1.807, 2.05) is 0 Å². The number of benzene rings is 4. The van der Waals surface area contributed by atoms with Gasteiger partial charge in [-0.1, -0.05) is 134 Å². The van der Waals surface area contributed by atoms with E-state index >= 15 is 0 Å². The monoisotopic (exact) mass is 571 g/mol. The van der Waals surface area contributed by atoms with Crippen LogP contribution in [0.25, 0.3) is 16.7 Å². The Morgan fingerprint density at radius 1 is 0.795 bits per heavy atom. The molecule has 4 aliphatic carbocycles. The van der Waals surface area contributed by atoms with Crippen LogP contribution in [0.1, 0.15) is 52.6 Å². The summed E-state index contributed by atoms with van der Waals surface area (Å²) in [6, 6.07) is 34.7. The van der Waals surface area contributed by atoms with Crippen molar-refractivity contribution in [2.75, 3.05) is 0 Å². The van der Waals surface area contributed by atoms with Crippen molar-refractivity contribution in [3.63, 3.8) is 0 Å². The van der Waals surface area contributed by atoms with E-state index < -0.39 is 0 Å². The molecular formula is C41H37N3. The molecule has 8 rings (SSSR count). The smallest absolute Gasteiger partial charge is 0.178 e. The normalized spacial score (nSPS) is 20.8. The molecule has 0 radical (unpaired) electrons. The molecule has 3 heteroatoms. The molecule has 4 aromatic carbocycles. The predicted octanol–water partition coefficient (Wildman–Crippen LogP) is 9.07. The fourth-order valence-electron chi connectivity index (χ4n) is 6.89.